The van der Waals surface area contributed by atoms with Gasteiger partial charge in [0.15, 0.2) is 14.6 Å². The number of carbonyl (C=O) groups is 2. The Balaban J connectivity index is 1.31. The van der Waals surface area contributed by atoms with Crippen LogP contribution in [-0.2, 0) is 19.4 Å². The van der Waals surface area contributed by atoms with E-state index in [2.05, 4.69) is 5.32 Å². The topological polar surface area (TPSA) is 131 Å². The van der Waals surface area contributed by atoms with Gasteiger partial charge in [-0.15, -0.1) is 0 Å². The van der Waals surface area contributed by atoms with E-state index in [0.717, 1.165) is 11.1 Å². The predicted octanol–water partition coefficient (Wildman–Crippen LogP) is 2.99. The molecule has 0 spiro atoms. The van der Waals surface area contributed by atoms with Gasteiger partial charge in [0.2, 0.25) is 0 Å². The Morgan fingerprint density at radius 1 is 0.892 bits per heavy atom. The summed E-state index contributed by atoms with van der Waals surface area (Å²) in [5.74, 6) is -0.789. The molecule has 2 amide bonds. The van der Waals surface area contributed by atoms with Crippen molar-refractivity contribution in [3.63, 3.8) is 0 Å². The van der Waals surface area contributed by atoms with Crippen LogP contribution in [0.5, 0.6) is 5.75 Å². The zero-order chi connectivity index (χ0) is 26.3. The van der Waals surface area contributed by atoms with Crippen molar-refractivity contribution in [2.24, 2.45) is 0 Å². The first-order valence-corrected chi connectivity index (χ1v) is 13.3. The molecule has 1 fully saturated rings. The van der Waals surface area contributed by atoms with E-state index in [4.69, 9.17) is 14.7 Å². The number of rotatable bonds is 9. The number of benzene rings is 3. The van der Waals surface area contributed by atoms with Crippen LogP contribution in [0.3, 0.4) is 0 Å². The normalized spacial score (nSPS) is 14.9. The number of hydroxylamine groups is 1. The van der Waals surface area contributed by atoms with Crippen molar-refractivity contribution in [1.82, 2.24) is 10.8 Å². The Kier molecular flexibility index (Phi) is 8.22. The summed E-state index contributed by atoms with van der Waals surface area (Å²) < 4.78 is 35.6. The fraction of sp³-hybridized carbons (Fsp3) is 0.259. The summed E-state index contributed by atoms with van der Waals surface area (Å²) in [6.45, 7) is 0.612. The molecule has 9 nitrogen and oxygen atoms in total. The molecule has 0 atom stereocenters. The van der Waals surface area contributed by atoms with Crippen molar-refractivity contribution in [3.8, 4) is 16.9 Å². The third-order valence-corrected chi connectivity index (χ3v) is 8.89. The van der Waals surface area contributed by atoms with Crippen molar-refractivity contribution in [2.75, 3.05) is 26.4 Å². The van der Waals surface area contributed by atoms with Gasteiger partial charge in [-0.2, -0.15) is 0 Å². The highest BCUT2D eigenvalue weighted by molar-refractivity contribution is 7.93. The summed E-state index contributed by atoms with van der Waals surface area (Å²) in [5, 5.41) is 11.9. The summed E-state index contributed by atoms with van der Waals surface area (Å²) in [6, 6.07) is 22.9. The lowest BCUT2D eigenvalue weighted by molar-refractivity contribution is -0.134. The lowest BCUT2D eigenvalue weighted by Crippen LogP contribution is -2.54. The second-order valence-corrected chi connectivity index (χ2v) is 10.8. The Labute approximate surface area is 215 Å². The SMILES string of the molecule is O=C(NCCOc1ccc(S(=O)(=O)C2(C(=O)NO)CCOCC2)cc1)c1ccc(-c2ccccc2)cc1. The van der Waals surface area contributed by atoms with Gasteiger partial charge >= 0.3 is 0 Å². The number of ether oxygens (including phenoxy) is 2. The molecule has 1 heterocycles. The highest BCUT2D eigenvalue weighted by Crippen LogP contribution is 2.35. The standard InChI is InChI=1S/C27H28N2O7S/c30-25(22-8-6-21(7-9-22)20-4-2-1-3-5-20)28-16-19-36-23-10-12-24(13-11-23)37(33,34)27(26(31)29-32)14-17-35-18-15-27/h1-13,32H,14-19H2,(H,28,30)(H,29,31). The van der Waals surface area contributed by atoms with Crippen LogP contribution in [0.1, 0.15) is 23.2 Å². The summed E-state index contributed by atoms with van der Waals surface area (Å²) in [6.07, 6.45) is -0.122. The molecule has 1 aliphatic rings. The van der Waals surface area contributed by atoms with Gasteiger partial charge in [0.25, 0.3) is 11.8 Å². The quantitative estimate of drug-likeness (QED) is 0.223. The highest BCUT2D eigenvalue weighted by Gasteiger charge is 2.52. The maximum absolute atomic E-state index is 13.3. The molecular weight excluding hydrogens is 496 g/mol. The maximum atomic E-state index is 13.3. The summed E-state index contributed by atoms with van der Waals surface area (Å²) in [7, 11) is -4.10. The van der Waals surface area contributed by atoms with Gasteiger partial charge < -0.3 is 14.8 Å². The predicted molar refractivity (Wildman–Crippen MR) is 136 cm³/mol. The molecule has 1 saturated heterocycles. The largest absolute Gasteiger partial charge is 0.492 e. The molecule has 37 heavy (non-hydrogen) atoms. The minimum atomic E-state index is -4.10. The van der Waals surface area contributed by atoms with Crippen LogP contribution in [-0.4, -0.2) is 56.6 Å². The molecule has 3 aromatic rings. The molecule has 0 aliphatic carbocycles. The number of amides is 2. The van der Waals surface area contributed by atoms with Crippen LogP contribution in [0.4, 0.5) is 0 Å². The minimum Gasteiger partial charge on any atom is -0.492 e. The number of sulfone groups is 1. The molecule has 3 N–H and O–H groups in total. The first-order valence-electron chi connectivity index (χ1n) is 11.8. The molecule has 0 unspecified atom stereocenters. The van der Waals surface area contributed by atoms with Crippen molar-refractivity contribution in [3.05, 3.63) is 84.4 Å². The zero-order valence-corrected chi connectivity index (χ0v) is 20.9. The smallest absolute Gasteiger partial charge is 0.265 e. The Morgan fingerprint density at radius 3 is 2.14 bits per heavy atom. The van der Waals surface area contributed by atoms with Gasteiger partial charge in [-0.1, -0.05) is 42.5 Å². The number of carbonyl (C=O) groups excluding carboxylic acids is 2. The lowest BCUT2D eigenvalue weighted by atomic mass is 9.98. The highest BCUT2D eigenvalue weighted by atomic mass is 32.2. The van der Waals surface area contributed by atoms with Crippen LogP contribution < -0.4 is 15.5 Å². The third kappa shape index (κ3) is 5.66. The molecule has 1 aliphatic heterocycles. The Bertz CT molecular complexity index is 1320. The fourth-order valence-corrected chi connectivity index (χ4v) is 6.18. The summed E-state index contributed by atoms with van der Waals surface area (Å²) in [4.78, 5) is 24.7. The van der Waals surface area contributed by atoms with E-state index in [0.29, 0.717) is 11.3 Å². The van der Waals surface area contributed by atoms with Crippen molar-refractivity contribution in [2.45, 2.75) is 22.5 Å². The maximum Gasteiger partial charge on any atom is 0.265 e. The molecule has 0 saturated carbocycles. The molecule has 0 aromatic heterocycles. The second kappa shape index (κ2) is 11.5. The first kappa shape index (κ1) is 26.3. The Morgan fingerprint density at radius 2 is 1.51 bits per heavy atom. The lowest BCUT2D eigenvalue weighted by Gasteiger charge is -2.34. The molecule has 4 rings (SSSR count). The molecule has 0 radical (unpaired) electrons. The molecule has 0 bridgehead atoms. The van der Waals surface area contributed by atoms with Gasteiger partial charge in [0, 0.05) is 18.8 Å². The second-order valence-electron chi connectivity index (χ2n) is 8.57. The molecule has 10 heteroatoms. The van der Waals surface area contributed by atoms with Gasteiger partial charge in [0.1, 0.15) is 12.4 Å². The first-order chi connectivity index (χ1) is 17.9. The fourth-order valence-electron chi connectivity index (χ4n) is 4.24. The van der Waals surface area contributed by atoms with E-state index in [1.54, 1.807) is 12.1 Å². The number of hydrogen-bond acceptors (Lipinski definition) is 7. The van der Waals surface area contributed by atoms with Crippen molar-refractivity contribution in [1.29, 1.82) is 0 Å². The minimum absolute atomic E-state index is 0.0578. The van der Waals surface area contributed by atoms with E-state index >= 15 is 0 Å². The van der Waals surface area contributed by atoms with Crippen LogP contribution in [0, 0.1) is 0 Å². The van der Waals surface area contributed by atoms with Crippen LogP contribution >= 0.6 is 0 Å². The molecule has 3 aromatic carbocycles. The number of nitrogens with one attached hydrogen (secondary N) is 2. The van der Waals surface area contributed by atoms with E-state index in [1.165, 1.54) is 29.7 Å². The van der Waals surface area contributed by atoms with E-state index < -0.39 is 20.5 Å². The molecular formula is C27H28N2O7S. The summed E-state index contributed by atoms with van der Waals surface area (Å²) in [5.41, 5.74) is 4.12. The van der Waals surface area contributed by atoms with Gasteiger partial charge in [-0.25, -0.2) is 13.9 Å². The van der Waals surface area contributed by atoms with E-state index in [1.807, 2.05) is 42.5 Å². The van der Waals surface area contributed by atoms with Crippen molar-refractivity contribution < 1.29 is 32.7 Å². The van der Waals surface area contributed by atoms with Crippen LogP contribution in [0.25, 0.3) is 11.1 Å². The van der Waals surface area contributed by atoms with Gasteiger partial charge in [-0.05, 0) is 60.4 Å². The van der Waals surface area contributed by atoms with Gasteiger partial charge in [0.05, 0.1) is 11.4 Å². The van der Waals surface area contributed by atoms with Gasteiger partial charge in [-0.3, -0.25) is 14.8 Å². The third-order valence-electron chi connectivity index (χ3n) is 6.37. The van der Waals surface area contributed by atoms with Crippen LogP contribution in [0.15, 0.2) is 83.8 Å². The zero-order valence-electron chi connectivity index (χ0n) is 20.1. The average molecular weight is 525 g/mol. The monoisotopic (exact) mass is 524 g/mol. The van der Waals surface area contributed by atoms with Crippen LogP contribution in [0.2, 0.25) is 0 Å². The summed E-state index contributed by atoms with van der Waals surface area (Å²) >= 11 is 0. The van der Waals surface area contributed by atoms with E-state index in [-0.39, 0.29) is 50.0 Å². The van der Waals surface area contributed by atoms with E-state index in [9.17, 15) is 18.0 Å². The van der Waals surface area contributed by atoms with Crippen molar-refractivity contribution >= 4 is 21.7 Å². The average Bonchev–Trinajstić information content (AvgIpc) is 2.96. The Hall–Kier alpha value is -3.73. The number of hydrogen-bond donors (Lipinski definition) is 3. The molecule has 194 valence electrons.